The van der Waals surface area contributed by atoms with Crippen molar-refractivity contribution in [1.29, 1.82) is 0 Å². The molecule has 2 amide bonds. The van der Waals surface area contributed by atoms with Crippen molar-refractivity contribution in [3.63, 3.8) is 0 Å². The van der Waals surface area contributed by atoms with Gasteiger partial charge in [0.1, 0.15) is 5.75 Å². The Balaban J connectivity index is 1.47. The number of carbonyl (C=O) groups excluding carboxylic acids is 2. The number of alkyl halides is 3. The van der Waals surface area contributed by atoms with Crippen LogP contribution < -0.4 is 20.9 Å². The molecule has 1 heterocycles. The van der Waals surface area contributed by atoms with Gasteiger partial charge in [0, 0.05) is 23.5 Å². The van der Waals surface area contributed by atoms with E-state index in [0.29, 0.717) is 6.20 Å². The number of rotatable bonds is 6. The number of benzene rings is 2. The van der Waals surface area contributed by atoms with Gasteiger partial charge >= 0.3 is 6.18 Å². The Bertz CT molecular complexity index is 1070. The molecule has 3 N–H and O–H groups in total. The van der Waals surface area contributed by atoms with Crippen LogP contribution in [0.25, 0.3) is 0 Å². The van der Waals surface area contributed by atoms with Gasteiger partial charge < -0.3 is 10.1 Å². The highest BCUT2D eigenvalue weighted by Gasteiger charge is 2.30. The summed E-state index contributed by atoms with van der Waals surface area (Å²) >= 11 is 0. The van der Waals surface area contributed by atoms with Gasteiger partial charge in [0.25, 0.3) is 11.8 Å². The third-order valence-electron chi connectivity index (χ3n) is 4.22. The fraction of sp³-hybridized carbons (Fsp3) is 0.136. The molecule has 3 rings (SSSR count). The minimum atomic E-state index is -4.48. The summed E-state index contributed by atoms with van der Waals surface area (Å²) in [6, 6.07) is 15.2. The molecule has 0 bridgehead atoms. The number of pyridine rings is 1. The summed E-state index contributed by atoms with van der Waals surface area (Å²) in [7, 11) is 0. The summed E-state index contributed by atoms with van der Waals surface area (Å²) in [5, 5.41) is 2.93. The number of aromatic nitrogens is 1. The second-order valence-corrected chi connectivity index (χ2v) is 6.73. The summed E-state index contributed by atoms with van der Waals surface area (Å²) in [4.78, 5) is 27.6. The molecule has 0 spiro atoms. The zero-order valence-electron chi connectivity index (χ0n) is 16.9. The highest BCUT2D eigenvalue weighted by molar-refractivity contribution is 5.95. The van der Waals surface area contributed by atoms with Crippen LogP contribution in [0.15, 0.2) is 66.9 Å². The molecule has 32 heavy (non-hydrogen) atoms. The molecule has 3 aromatic rings. The number of amides is 2. The molecule has 0 aliphatic rings. The van der Waals surface area contributed by atoms with E-state index in [4.69, 9.17) is 4.74 Å². The third-order valence-corrected chi connectivity index (χ3v) is 4.22. The van der Waals surface area contributed by atoms with Gasteiger partial charge in [-0.15, -0.1) is 0 Å². The Morgan fingerprint density at radius 3 is 2.22 bits per heavy atom. The Morgan fingerprint density at radius 2 is 1.62 bits per heavy atom. The fourth-order valence-electron chi connectivity index (χ4n) is 2.50. The Hall–Kier alpha value is -4.08. The quantitative estimate of drug-likeness (QED) is 0.499. The molecule has 1 aromatic heterocycles. The van der Waals surface area contributed by atoms with Gasteiger partial charge in [0.05, 0.1) is 12.1 Å². The molecule has 0 radical (unpaired) electrons. The second-order valence-electron chi connectivity index (χ2n) is 6.73. The average molecular weight is 444 g/mol. The Kier molecular flexibility index (Phi) is 6.93. The standard InChI is InChI=1S/C22H19F3N4O3/c1-14-2-7-17(8-3-14)26-13-19(30)28-29-21(31)15-4-9-18(10-5-15)32-20-11-6-16(12-27-20)22(23,24)25/h2-12,26H,13H2,1H3,(H,28,30)(H,29,31). The molecular weight excluding hydrogens is 425 g/mol. The van der Waals surface area contributed by atoms with Gasteiger partial charge in [-0.2, -0.15) is 13.2 Å². The van der Waals surface area contributed by atoms with Gasteiger partial charge in [0.15, 0.2) is 0 Å². The molecular formula is C22H19F3N4O3. The van der Waals surface area contributed by atoms with E-state index in [1.54, 1.807) is 0 Å². The minimum absolute atomic E-state index is 0.0245. The number of hydrogen-bond acceptors (Lipinski definition) is 5. The molecule has 0 fully saturated rings. The second kappa shape index (κ2) is 9.82. The number of aryl methyl sites for hydroxylation is 1. The molecule has 2 aromatic carbocycles. The van der Waals surface area contributed by atoms with Crippen LogP contribution in [0.2, 0.25) is 0 Å². The number of hydrogen-bond donors (Lipinski definition) is 3. The van der Waals surface area contributed by atoms with Crippen LogP contribution in [0.5, 0.6) is 11.6 Å². The van der Waals surface area contributed by atoms with E-state index in [1.807, 2.05) is 31.2 Å². The van der Waals surface area contributed by atoms with E-state index in [-0.39, 0.29) is 23.7 Å². The van der Waals surface area contributed by atoms with E-state index in [9.17, 15) is 22.8 Å². The number of hydrazine groups is 1. The number of ether oxygens (including phenoxy) is 1. The lowest BCUT2D eigenvalue weighted by Gasteiger charge is -2.10. The lowest BCUT2D eigenvalue weighted by atomic mass is 10.2. The van der Waals surface area contributed by atoms with Crippen molar-refractivity contribution < 1.29 is 27.5 Å². The van der Waals surface area contributed by atoms with Gasteiger partial charge in [-0.25, -0.2) is 4.98 Å². The van der Waals surface area contributed by atoms with Crippen molar-refractivity contribution in [2.24, 2.45) is 0 Å². The molecule has 0 saturated carbocycles. The number of nitrogens with zero attached hydrogens (tertiary/aromatic N) is 1. The van der Waals surface area contributed by atoms with Crippen LogP contribution in [-0.4, -0.2) is 23.3 Å². The summed E-state index contributed by atoms with van der Waals surface area (Å²) < 4.78 is 43.1. The Morgan fingerprint density at radius 1 is 0.938 bits per heavy atom. The molecule has 10 heteroatoms. The van der Waals surface area contributed by atoms with Crippen LogP contribution >= 0.6 is 0 Å². The van der Waals surface area contributed by atoms with Crippen LogP contribution in [0.4, 0.5) is 18.9 Å². The number of anilines is 1. The molecule has 166 valence electrons. The van der Waals surface area contributed by atoms with Gasteiger partial charge in [-0.05, 0) is 49.4 Å². The first-order valence-electron chi connectivity index (χ1n) is 9.41. The molecule has 0 saturated heterocycles. The predicted octanol–water partition coefficient (Wildman–Crippen LogP) is 4.07. The first-order chi connectivity index (χ1) is 15.2. The molecule has 0 atom stereocenters. The van der Waals surface area contributed by atoms with Crippen LogP contribution in [0.1, 0.15) is 21.5 Å². The van der Waals surface area contributed by atoms with E-state index in [2.05, 4.69) is 21.2 Å². The summed E-state index contributed by atoms with van der Waals surface area (Å²) in [6.45, 7) is 1.92. The minimum Gasteiger partial charge on any atom is -0.439 e. The van der Waals surface area contributed by atoms with E-state index < -0.39 is 23.6 Å². The lowest BCUT2D eigenvalue weighted by Crippen LogP contribution is -2.44. The lowest BCUT2D eigenvalue weighted by molar-refractivity contribution is -0.137. The first kappa shape index (κ1) is 22.6. The van der Waals surface area contributed by atoms with E-state index in [0.717, 1.165) is 23.4 Å². The van der Waals surface area contributed by atoms with Gasteiger partial charge in [-0.3, -0.25) is 20.4 Å². The molecule has 0 unspecified atom stereocenters. The fourth-order valence-corrected chi connectivity index (χ4v) is 2.50. The summed E-state index contributed by atoms with van der Waals surface area (Å²) in [6.07, 6.45) is -3.81. The van der Waals surface area contributed by atoms with Crippen LogP contribution in [-0.2, 0) is 11.0 Å². The van der Waals surface area contributed by atoms with Crippen molar-refractivity contribution in [2.45, 2.75) is 13.1 Å². The van der Waals surface area contributed by atoms with Crippen LogP contribution in [0, 0.1) is 6.92 Å². The Labute approximate surface area is 181 Å². The maximum atomic E-state index is 12.6. The largest absolute Gasteiger partial charge is 0.439 e. The summed E-state index contributed by atoms with van der Waals surface area (Å²) in [5.74, 6) is -0.733. The number of carbonyl (C=O) groups is 2. The first-order valence-corrected chi connectivity index (χ1v) is 9.41. The molecule has 0 aliphatic carbocycles. The zero-order valence-corrected chi connectivity index (χ0v) is 16.9. The number of nitrogens with one attached hydrogen (secondary N) is 3. The topological polar surface area (TPSA) is 92.4 Å². The maximum absolute atomic E-state index is 12.6. The van der Waals surface area contributed by atoms with Crippen molar-refractivity contribution >= 4 is 17.5 Å². The van der Waals surface area contributed by atoms with E-state index in [1.165, 1.54) is 24.3 Å². The van der Waals surface area contributed by atoms with Crippen LogP contribution in [0.3, 0.4) is 0 Å². The molecule has 7 nitrogen and oxygen atoms in total. The number of halogens is 3. The third kappa shape index (κ3) is 6.46. The summed E-state index contributed by atoms with van der Waals surface area (Å²) in [5.41, 5.74) is 5.82. The normalized spacial score (nSPS) is 10.9. The van der Waals surface area contributed by atoms with Crippen molar-refractivity contribution in [1.82, 2.24) is 15.8 Å². The highest BCUT2D eigenvalue weighted by Crippen LogP contribution is 2.30. The SMILES string of the molecule is Cc1ccc(NCC(=O)NNC(=O)c2ccc(Oc3ccc(C(F)(F)F)cn3)cc2)cc1. The van der Waals surface area contributed by atoms with Crippen molar-refractivity contribution in [3.8, 4) is 11.6 Å². The zero-order chi connectivity index (χ0) is 23.1. The predicted molar refractivity (Wildman–Crippen MR) is 111 cm³/mol. The smallest absolute Gasteiger partial charge is 0.417 e. The van der Waals surface area contributed by atoms with Crippen molar-refractivity contribution in [3.05, 3.63) is 83.6 Å². The average Bonchev–Trinajstić information content (AvgIpc) is 2.77. The highest BCUT2D eigenvalue weighted by atomic mass is 19.4. The van der Waals surface area contributed by atoms with Crippen molar-refractivity contribution in [2.75, 3.05) is 11.9 Å². The van der Waals surface area contributed by atoms with E-state index >= 15 is 0 Å². The molecule has 0 aliphatic heterocycles. The monoisotopic (exact) mass is 444 g/mol. The van der Waals surface area contributed by atoms with Gasteiger partial charge in [0.2, 0.25) is 5.88 Å². The maximum Gasteiger partial charge on any atom is 0.417 e. The van der Waals surface area contributed by atoms with Gasteiger partial charge in [-0.1, -0.05) is 17.7 Å².